The molecule has 2 aromatic heterocycles. The van der Waals surface area contributed by atoms with Crippen LogP contribution in [0.2, 0.25) is 0 Å². The third kappa shape index (κ3) is 3.99. The monoisotopic (exact) mass is 401 g/mol. The highest BCUT2D eigenvalue weighted by atomic mass is 16.4. The number of amides is 2. The molecule has 2 amide bonds. The van der Waals surface area contributed by atoms with Crippen LogP contribution in [0.25, 0.3) is 0 Å². The number of nitrogens with zero attached hydrogens (tertiary/aromatic N) is 3. The van der Waals surface area contributed by atoms with Gasteiger partial charge in [-0.2, -0.15) is 5.10 Å². The summed E-state index contributed by atoms with van der Waals surface area (Å²) in [5, 5.41) is 19.7. The highest BCUT2D eigenvalue weighted by Crippen LogP contribution is 2.49. The van der Waals surface area contributed by atoms with Crippen LogP contribution in [0.5, 0.6) is 0 Å². The molecular formula is C20H27N5O4. The molecule has 9 nitrogen and oxygen atoms in total. The second kappa shape index (κ2) is 7.53. The van der Waals surface area contributed by atoms with Crippen LogP contribution in [0.4, 0.5) is 10.6 Å². The van der Waals surface area contributed by atoms with E-state index in [0.29, 0.717) is 17.5 Å². The molecule has 2 aromatic rings. The van der Waals surface area contributed by atoms with Crippen molar-refractivity contribution in [2.75, 3.05) is 5.32 Å². The lowest BCUT2D eigenvalue weighted by Crippen LogP contribution is -2.47. The largest absolute Gasteiger partial charge is 0.465 e. The Hall–Kier alpha value is -2.84. The molecule has 0 saturated heterocycles. The molecular weight excluding hydrogens is 374 g/mol. The topological polar surface area (TPSA) is 124 Å². The van der Waals surface area contributed by atoms with Crippen LogP contribution in [0.1, 0.15) is 68.7 Å². The summed E-state index contributed by atoms with van der Waals surface area (Å²) in [7, 11) is 0. The first kappa shape index (κ1) is 19.5. The molecule has 0 aromatic carbocycles. The van der Waals surface area contributed by atoms with Crippen molar-refractivity contribution < 1.29 is 19.1 Å². The molecule has 0 radical (unpaired) electrons. The number of aromatic amines is 1. The van der Waals surface area contributed by atoms with Gasteiger partial charge < -0.3 is 14.8 Å². The number of oxazole rings is 1. The Morgan fingerprint density at radius 1 is 1.41 bits per heavy atom. The van der Waals surface area contributed by atoms with Crippen LogP contribution in [-0.4, -0.2) is 48.8 Å². The van der Waals surface area contributed by atoms with Gasteiger partial charge in [-0.3, -0.25) is 14.8 Å². The van der Waals surface area contributed by atoms with E-state index in [1.807, 2.05) is 6.07 Å². The number of aryl methyl sites for hydroxylation is 1. The molecule has 0 bridgehead atoms. The van der Waals surface area contributed by atoms with Gasteiger partial charge in [0.05, 0.1) is 6.20 Å². The minimum absolute atomic E-state index is 0.0366. The first-order valence-corrected chi connectivity index (χ1v) is 10.2. The van der Waals surface area contributed by atoms with Gasteiger partial charge in [0.1, 0.15) is 12.2 Å². The molecule has 0 unspecified atom stereocenters. The number of carbonyl (C=O) groups is 2. The molecule has 2 aliphatic carbocycles. The maximum absolute atomic E-state index is 12.2. The highest BCUT2D eigenvalue weighted by molar-refractivity contribution is 5.90. The summed E-state index contributed by atoms with van der Waals surface area (Å²) >= 11 is 0. The minimum Gasteiger partial charge on any atom is -0.465 e. The van der Waals surface area contributed by atoms with Gasteiger partial charge in [-0.25, -0.2) is 9.78 Å². The quantitative estimate of drug-likeness (QED) is 0.653. The number of anilines is 1. The summed E-state index contributed by atoms with van der Waals surface area (Å²) in [6.45, 7) is 3.85. The van der Waals surface area contributed by atoms with Crippen LogP contribution >= 0.6 is 0 Å². The number of rotatable bonds is 7. The van der Waals surface area contributed by atoms with Crippen molar-refractivity contribution in [1.29, 1.82) is 0 Å². The van der Waals surface area contributed by atoms with Gasteiger partial charge in [0.25, 0.3) is 0 Å². The smallest absolute Gasteiger partial charge is 0.408 e. The Bertz CT molecular complexity index is 900. The molecule has 2 saturated carbocycles. The molecule has 2 heterocycles. The van der Waals surface area contributed by atoms with Crippen LogP contribution in [0.15, 0.2) is 16.7 Å². The number of hydrogen-bond donors (Lipinski definition) is 3. The normalized spacial score (nSPS) is 22.4. The van der Waals surface area contributed by atoms with Gasteiger partial charge in [-0.15, -0.1) is 0 Å². The summed E-state index contributed by atoms with van der Waals surface area (Å²) in [4.78, 5) is 29.8. The van der Waals surface area contributed by atoms with Crippen LogP contribution in [0, 0.1) is 6.92 Å². The predicted octanol–water partition coefficient (Wildman–Crippen LogP) is 3.45. The minimum atomic E-state index is -0.811. The first-order valence-electron chi connectivity index (χ1n) is 10.2. The van der Waals surface area contributed by atoms with Crippen molar-refractivity contribution in [1.82, 2.24) is 20.1 Å². The first-order chi connectivity index (χ1) is 13.9. The van der Waals surface area contributed by atoms with E-state index < -0.39 is 6.09 Å². The van der Waals surface area contributed by atoms with Gasteiger partial charge in [-0.05, 0) is 45.4 Å². The molecule has 3 N–H and O–H groups in total. The number of carbonyl (C=O) groups excluding carboxylic acids is 1. The zero-order valence-corrected chi connectivity index (χ0v) is 16.8. The average Bonchev–Trinajstić information content (AvgIpc) is 3.02. The number of hydrogen-bond acceptors (Lipinski definition) is 5. The third-order valence-electron chi connectivity index (χ3n) is 6.26. The van der Waals surface area contributed by atoms with Crippen molar-refractivity contribution in [2.45, 2.75) is 76.3 Å². The van der Waals surface area contributed by atoms with E-state index in [4.69, 9.17) is 4.42 Å². The van der Waals surface area contributed by atoms with E-state index >= 15 is 0 Å². The van der Waals surface area contributed by atoms with Gasteiger partial charge in [0.2, 0.25) is 11.8 Å². The molecule has 156 valence electrons. The molecule has 4 rings (SSSR count). The fraction of sp³-hybridized carbons (Fsp3) is 0.600. The van der Waals surface area contributed by atoms with Crippen LogP contribution in [-0.2, 0) is 11.2 Å². The van der Waals surface area contributed by atoms with Gasteiger partial charge in [-0.1, -0.05) is 6.92 Å². The lowest BCUT2D eigenvalue weighted by molar-refractivity contribution is -0.115. The highest BCUT2D eigenvalue weighted by Gasteiger charge is 2.52. The fourth-order valence-electron chi connectivity index (χ4n) is 4.55. The molecule has 2 fully saturated rings. The Kier molecular flexibility index (Phi) is 5.06. The van der Waals surface area contributed by atoms with E-state index in [-0.39, 0.29) is 29.8 Å². The van der Waals surface area contributed by atoms with Crippen molar-refractivity contribution in [3.63, 3.8) is 0 Å². The molecule has 2 aliphatic rings. The Morgan fingerprint density at radius 2 is 2.21 bits per heavy atom. The Labute approximate surface area is 168 Å². The number of nitrogens with one attached hydrogen (secondary N) is 2. The molecule has 2 atom stereocenters. The van der Waals surface area contributed by atoms with E-state index in [0.717, 1.165) is 44.2 Å². The van der Waals surface area contributed by atoms with Crippen molar-refractivity contribution in [2.24, 2.45) is 0 Å². The lowest BCUT2D eigenvalue weighted by atomic mass is 10.0. The van der Waals surface area contributed by atoms with Crippen LogP contribution in [0.3, 0.4) is 0 Å². The zero-order valence-electron chi connectivity index (χ0n) is 16.8. The standard InChI is InChI=1S/C20H27N5O4/c1-3-20(6-7-20)25(19(27)28)14-5-4-13(8-14)15-9-16(24-23-15)22-17(26)10-18-21-11-12(2)29-18/h9,11,13-14H,3-8,10H2,1-2H3,(H,27,28)(H2,22,23,24,26)/t13-,14+/m0/s1. The number of carboxylic acid groups (broad SMARTS) is 1. The maximum Gasteiger partial charge on any atom is 0.408 e. The molecule has 29 heavy (non-hydrogen) atoms. The van der Waals surface area contributed by atoms with E-state index in [1.54, 1.807) is 18.0 Å². The SMILES string of the molecule is CCC1(N(C(=O)O)[C@@H]2CC[C@H](c3cc(NC(=O)Cc4ncc(C)o4)n[nH]3)C2)CC1. The molecule has 9 heteroatoms. The fourth-order valence-corrected chi connectivity index (χ4v) is 4.55. The van der Waals surface area contributed by atoms with Gasteiger partial charge >= 0.3 is 6.09 Å². The van der Waals surface area contributed by atoms with Crippen molar-refractivity contribution in [3.05, 3.63) is 29.6 Å². The Morgan fingerprint density at radius 3 is 2.83 bits per heavy atom. The van der Waals surface area contributed by atoms with Crippen LogP contribution < -0.4 is 5.32 Å². The Balaban J connectivity index is 1.36. The number of H-pyrrole nitrogens is 1. The second-order valence-electron chi connectivity index (χ2n) is 8.19. The summed E-state index contributed by atoms with van der Waals surface area (Å²) in [6.07, 6.45) is 6.13. The molecule has 0 spiro atoms. The van der Waals surface area contributed by atoms with Crippen molar-refractivity contribution >= 4 is 17.8 Å². The summed E-state index contributed by atoms with van der Waals surface area (Å²) < 4.78 is 5.32. The van der Waals surface area contributed by atoms with E-state index in [9.17, 15) is 14.7 Å². The van der Waals surface area contributed by atoms with Gasteiger partial charge in [0, 0.05) is 29.3 Å². The van der Waals surface area contributed by atoms with Gasteiger partial charge in [0.15, 0.2) is 5.82 Å². The molecule has 0 aliphatic heterocycles. The lowest BCUT2D eigenvalue weighted by Gasteiger charge is -2.34. The average molecular weight is 401 g/mol. The summed E-state index contributed by atoms with van der Waals surface area (Å²) in [6, 6.07) is 1.87. The second-order valence-corrected chi connectivity index (χ2v) is 8.19. The maximum atomic E-state index is 12.2. The van der Waals surface area contributed by atoms with E-state index in [1.165, 1.54) is 0 Å². The summed E-state index contributed by atoms with van der Waals surface area (Å²) in [5.41, 5.74) is 0.776. The zero-order chi connectivity index (χ0) is 20.6. The third-order valence-corrected chi connectivity index (χ3v) is 6.26. The summed E-state index contributed by atoms with van der Waals surface area (Å²) in [5.74, 6) is 1.45. The number of aromatic nitrogens is 3. The predicted molar refractivity (Wildman–Crippen MR) is 105 cm³/mol. The van der Waals surface area contributed by atoms with Crippen molar-refractivity contribution in [3.8, 4) is 0 Å². The van der Waals surface area contributed by atoms with E-state index in [2.05, 4.69) is 27.4 Å².